The summed E-state index contributed by atoms with van der Waals surface area (Å²) in [6, 6.07) is 13.2. The predicted molar refractivity (Wildman–Crippen MR) is 112 cm³/mol. The maximum atomic E-state index is 6.26. The van der Waals surface area contributed by atoms with Crippen LogP contribution in [0.4, 0.5) is 28.1 Å². The number of nitrogens with two attached hydrogens (primary N) is 1. The molecule has 142 valence electrons. The van der Waals surface area contributed by atoms with Crippen molar-refractivity contribution >= 4 is 49.7 Å². The summed E-state index contributed by atoms with van der Waals surface area (Å²) in [5, 5.41) is 7.04. The van der Waals surface area contributed by atoms with Crippen LogP contribution in [-0.2, 0) is 0 Å². The third-order valence-electron chi connectivity index (χ3n) is 4.06. The van der Waals surface area contributed by atoms with E-state index in [0.29, 0.717) is 22.5 Å². The smallest absolute Gasteiger partial charge is 0.189 e. The van der Waals surface area contributed by atoms with Gasteiger partial charge in [-0.05, 0) is 42.5 Å². The summed E-state index contributed by atoms with van der Waals surface area (Å²) >= 11 is 1.49. The van der Waals surface area contributed by atoms with Crippen molar-refractivity contribution < 1.29 is 9.47 Å². The fraction of sp³-hybridized carbons (Fsp3) is 0.105. The second-order valence-electron chi connectivity index (χ2n) is 5.82. The Hall–Kier alpha value is -3.59. The summed E-state index contributed by atoms with van der Waals surface area (Å²) in [6.07, 6.45) is 1.45. The van der Waals surface area contributed by atoms with Crippen LogP contribution < -0.4 is 25.8 Å². The average molecular weight is 394 g/mol. The molecule has 4 rings (SSSR count). The number of fused-ring (bicyclic) bond motifs is 1. The van der Waals surface area contributed by atoms with Crippen molar-refractivity contribution in [2.75, 3.05) is 30.6 Å². The van der Waals surface area contributed by atoms with E-state index in [1.807, 2.05) is 42.5 Å². The number of nitrogens with zero attached hydrogens (tertiary/aromatic N) is 3. The van der Waals surface area contributed by atoms with Gasteiger partial charge in [0.25, 0.3) is 0 Å². The zero-order chi connectivity index (χ0) is 19.5. The number of nitrogens with one attached hydrogen (secondary N) is 2. The van der Waals surface area contributed by atoms with Crippen LogP contribution in [0, 0.1) is 0 Å². The molecule has 2 aromatic heterocycles. The number of rotatable bonds is 6. The molecule has 0 atom stereocenters. The predicted octanol–water partition coefficient (Wildman–Crippen LogP) is 4.17. The Kier molecular flexibility index (Phi) is 4.81. The number of aromatic nitrogens is 3. The van der Waals surface area contributed by atoms with E-state index in [1.54, 1.807) is 14.2 Å². The summed E-state index contributed by atoms with van der Waals surface area (Å²) < 4.78 is 11.4. The van der Waals surface area contributed by atoms with Gasteiger partial charge < -0.3 is 25.8 Å². The van der Waals surface area contributed by atoms with Gasteiger partial charge in [0.05, 0.1) is 24.4 Å². The van der Waals surface area contributed by atoms with Gasteiger partial charge in [-0.15, -0.1) is 0 Å². The molecule has 0 aliphatic rings. The van der Waals surface area contributed by atoms with Crippen LogP contribution in [-0.4, -0.2) is 29.2 Å². The quantitative estimate of drug-likeness (QED) is 0.447. The fourth-order valence-electron chi connectivity index (χ4n) is 2.59. The maximum absolute atomic E-state index is 6.26. The average Bonchev–Trinajstić information content (AvgIpc) is 3.13. The van der Waals surface area contributed by atoms with E-state index in [-0.39, 0.29) is 0 Å². The monoisotopic (exact) mass is 394 g/mol. The van der Waals surface area contributed by atoms with Gasteiger partial charge in [-0.1, -0.05) is 11.3 Å². The lowest BCUT2D eigenvalue weighted by Crippen LogP contribution is -2.05. The van der Waals surface area contributed by atoms with Gasteiger partial charge in [0.1, 0.15) is 23.5 Å². The highest BCUT2D eigenvalue weighted by Gasteiger charge is 2.12. The van der Waals surface area contributed by atoms with E-state index in [2.05, 4.69) is 25.6 Å². The number of nitrogen functional groups attached to an aromatic ring is 1. The molecule has 2 heterocycles. The Morgan fingerprint density at radius 1 is 0.893 bits per heavy atom. The van der Waals surface area contributed by atoms with E-state index < -0.39 is 0 Å². The van der Waals surface area contributed by atoms with Gasteiger partial charge >= 0.3 is 0 Å². The lowest BCUT2D eigenvalue weighted by atomic mass is 10.3. The van der Waals surface area contributed by atoms with Gasteiger partial charge in [-0.25, -0.2) is 15.0 Å². The van der Waals surface area contributed by atoms with Crippen LogP contribution >= 0.6 is 11.3 Å². The van der Waals surface area contributed by atoms with E-state index in [4.69, 9.17) is 15.2 Å². The van der Waals surface area contributed by atoms with Crippen molar-refractivity contribution in [1.82, 2.24) is 15.0 Å². The first-order valence-electron chi connectivity index (χ1n) is 8.39. The zero-order valence-electron chi connectivity index (χ0n) is 15.3. The SMILES string of the molecule is COc1ccc(Nc2ncnc(Nc3nc4ccc(OC)cc4s3)c2N)cc1. The Morgan fingerprint density at radius 3 is 2.29 bits per heavy atom. The van der Waals surface area contributed by atoms with E-state index in [9.17, 15) is 0 Å². The summed E-state index contributed by atoms with van der Waals surface area (Å²) in [4.78, 5) is 13.0. The molecule has 0 radical (unpaired) electrons. The summed E-state index contributed by atoms with van der Waals surface area (Å²) in [6.45, 7) is 0. The fourth-order valence-corrected chi connectivity index (χ4v) is 3.49. The van der Waals surface area contributed by atoms with Crippen LogP contribution in [0.3, 0.4) is 0 Å². The summed E-state index contributed by atoms with van der Waals surface area (Å²) in [7, 11) is 3.27. The lowest BCUT2D eigenvalue weighted by Gasteiger charge is -2.11. The van der Waals surface area contributed by atoms with Crippen molar-refractivity contribution in [3.8, 4) is 11.5 Å². The summed E-state index contributed by atoms with van der Waals surface area (Å²) in [5.74, 6) is 2.55. The molecule has 0 amide bonds. The highest BCUT2D eigenvalue weighted by Crippen LogP contribution is 2.33. The number of anilines is 5. The molecule has 0 aliphatic heterocycles. The Labute approximate surface area is 165 Å². The van der Waals surface area contributed by atoms with Gasteiger partial charge in [0.15, 0.2) is 16.8 Å². The minimum Gasteiger partial charge on any atom is -0.497 e. The van der Waals surface area contributed by atoms with Crippen molar-refractivity contribution in [2.45, 2.75) is 0 Å². The molecular weight excluding hydrogens is 376 g/mol. The number of thiazole rings is 1. The molecule has 4 N–H and O–H groups in total. The number of ether oxygens (including phenoxy) is 2. The largest absolute Gasteiger partial charge is 0.497 e. The molecule has 0 unspecified atom stereocenters. The molecule has 8 nitrogen and oxygen atoms in total. The van der Waals surface area contributed by atoms with Crippen LogP contribution in [0.1, 0.15) is 0 Å². The van der Waals surface area contributed by atoms with Crippen LogP contribution in [0.25, 0.3) is 10.2 Å². The Balaban J connectivity index is 1.57. The van der Waals surface area contributed by atoms with Crippen LogP contribution in [0.2, 0.25) is 0 Å². The van der Waals surface area contributed by atoms with E-state index >= 15 is 0 Å². The normalized spacial score (nSPS) is 10.6. The number of hydrogen-bond donors (Lipinski definition) is 3. The molecule has 0 fully saturated rings. The second kappa shape index (κ2) is 7.57. The minimum atomic E-state index is 0.398. The van der Waals surface area contributed by atoms with Crippen LogP contribution in [0.15, 0.2) is 48.8 Å². The van der Waals surface area contributed by atoms with Crippen molar-refractivity contribution in [2.24, 2.45) is 0 Å². The first-order chi connectivity index (χ1) is 13.7. The third-order valence-corrected chi connectivity index (χ3v) is 4.99. The molecule has 9 heteroatoms. The molecule has 28 heavy (non-hydrogen) atoms. The van der Waals surface area contributed by atoms with Gasteiger partial charge in [0, 0.05) is 5.69 Å². The molecular formula is C19H18N6O2S. The van der Waals surface area contributed by atoms with Gasteiger partial charge in [-0.2, -0.15) is 0 Å². The molecule has 0 spiro atoms. The number of methoxy groups -OCH3 is 2. The maximum Gasteiger partial charge on any atom is 0.189 e. The van der Waals surface area contributed by atoms with E-state index in [0.717, 1.165) is 27.4 Å². The standard InChI is InChI=1S/C19H18N6O2S/c1-26-12-5-3-11(4-6-12)23-17-16(20)18(22-10-21-17)25-19-24-14-8-7-13(27-2)9-15(14)28-19/h3-10H,20H2,1-2H3,(H2,21,22,23,24,25). The first kappa shape index (κ1) is 17.8. The zero-order valence-corrected chi connectivity index (χ0v) is 16.1. The lowest BCUT2D eigenvalue weighted by molar-refractivity contribution is 0.415. The molecule has 2 aromatic carbocycles. The molecule has 0 aliphatic carbocycles. The summed E-state index contributed by atoms with van der Waals surface area (Å²) in [5.41, 5.74) is 8.37. The highest BCUT2D eigenvalue weighted by atomic mass is 32.1. The highest BCUT2D eigenvalue weighted by molar-refractivity contribution is 7.22. The molecule has 4 aromatic rings. The van der Waals surface area contributed by atoms with Crippen molar-refractivity contribution in [3.05, 3.63) is 48.8 Å². The third kappa shape index (κ3) is 3.60. The second-order valence-corrected chi connectivity index (χ2v) is 6.85. The van der Waals surface area contributed by atoms with Crippen molar-refractivity contribution in [3.63, 3.8) is 0 Å². The molecule has 0 saturated carbocycles. The topological polar surface area (TPSA) is 107 Å². The van der Waals surface area contributed by atoms with Gasteiger partial charge in [-0.3, -0.25) is 0 Å². The molecule has 0 bridgehead atoms. The first-order valence-corrected chi connectivity index (χ1v) is 9.21. The van der Waals surface area contributed by atoms with Crippen LogP contribution in [0.5, 0.6) is 11.5 Å². The minimum absolute atomic E-state index is 0.398. The Bertz CT molecular complexity index is 1110. The van der Waals surface area contributed by atoms with Crippen molar-refractivity contribution in [1.29, 1.82) is 0 Å². The molecule has 0 saturated heterocycles. The number of benzene rings is 2. The number of hydrogen-bond acceptors (Lipinski definition) is 9. The Morgan fingerprint density at radius 2 is 1.57 bits per heavy atom. The van der Waals surface area contributed by atoms with Gasteiger partial charge in [0.2, 0.25) is 0 Å². The van der Waals surface area contributed by atoms with E-state index in [1.165, 1.54) is 17.7 Å².